The molecule has 3 aromatic heterocycles. The van der Waals surface area contributed by atoms with Crippen LogP contribution in [0.3, 0.4) is 0 Å². The molecule has 0 saturated heterocycles. The zero-order valence-electron chi connectivity index (χ0n) is 14.2. The highest BCUT2D eigenvalue weighted by molar-refractivity contribution is 6.32. The normalized spacial score (nSPS) is 10.7. The van der Waals surface area contributed by atoms with Gasteiger partial charge in [-0.2, -0.15) is 5.26 Å². The molecule has 0 atom stereocenters. The first-order valence-corrected chi connectivity index (χ1v) is 8.48. The fraction of sp³-hybridized carbons (Fsp3) is 0.0500. The number of rotatable bonds is 3. The van der Waals surface area contributed by atoms with Crippen molar-refractivity contribution >= 4 is 34.1 Å². The van der Waals surface area contributed by atoms with Gasteiger partial charge in [0, 0.05) is 29.0 Å². The maximum atomic E-state index is 13.0. The molecule has 0 aliphatic carbocycles. The third-order valence-corrected chi connectivity index (χ3v) is 4.38. The second-order valence-corrected chi connectivity index (χ2v) is 6.33. The molecule has 0 bridgehead atoms. The molecule has 1 aromatic carbocycles. The highest BCUT2D eigenvalue weighted by Gasteiger charge is 2.25. The number of carbonyl (C=O) groups excluding carboxylic acids is 1. The molecule has 1 N–H and O–H groups in total. The van der Waals surface area contributed by atoms with Gasteiger partial charge in [-0.25, -0.2) is 0 Å². The summed E-state index contributed by atoms with van der Waals surface area (Å²) >= 11 is 6.16. The summed E-state index contributed by atoms with van der Waals surface area (Å²) in [4.78, 5) is 17.3. The number of aryl methyl sites for hydroxylation is 1. The van der Waals surface area contributed by atoms with Gasteiger partial charge >= 0.3 is 0 Å². The summed E-state index contributed by atoms with van der Waals surface area (Å²) in [6.45, 7) is 1.65. The first kappa shape index (κ1) is 16.9. The molecule has 1 amide bonds. The number of nitrogens with zero attached hydrogens (tertiary/aromatic N) is 3. The lowest BCUT2D eigenvalue weighted by Crippen LogP contribution is -2.14. The number of carbonyl (C=O) groups is 1. The number of fused-ring (bicyclic) bond motifs is 1. The molecular weight excluding hydrogens is 364 g/mol. The van der Waals surface area contributed by atoms with E-state index in [1.165, 1.54) is 0 Å². The van der Waals surface area contributed by atoms with Gasteiger partial charge in [-0.05, 0) is 37.3 Å². The van der Waals surface area contributed by atoms with Gasteiger partial charge in [0.1, 0.15) is 23.0 Å². The molecule has 0 aliphatic heterocycles. The number of nitriles is 1. The van der Waals surface area contributed by atoms with Crippen LogP contribution in [-0.2, 0) is 0 Å². The van der Waals surface area contributed by atoms with Crippen LogP contribution in [0.15, 0.2) is 59.4 Å². The van der Waals surface area contributed by atoms with Crippen LogP contribution in [0.2, 0.25) is 5.02 Å². The fourth-order valence-electron chi connectivity index (χ4n) is 2.99. The van der Waals surface area contributed by atoms with E-state index in [0.29, 0.717) is 27.9 Å². The van der Waals surface area contributed by atoms with Crippen LogP contribution >= 0.6 is 11.6 Å². The van der Waals surface area contributed by atoms with Crippen molar-refractivity contribution in [3.63, 3.8) is 0 Å². The maximum Gasteiger partial charge on any atom is 0.260 e. The molecule has 132 valence electrons. The van der Waals surface area contributed by atoms with E-state index in [-0.39, 0.29) is 11.1 Å². The molecule has 4 rings (SSSR count). The third-order valence-electron chi connectivity index (χ3n) is 4.16. The Hall–Kier alpha value is -3.56. The average Bonchev–Trinajstić information content (AvgIpc) is 3.28. The Morgan fingerprint density at radius 3 is 2.81 bits per heavy atom. The van der Waals surface area contributed by atoms with Crippen molar-refractivity contribution in [3.05, 3.63) is 76.9 Å². The van der Waals surface area contributed by atoms with Gasteiger partial charge in [0.15, 0.2) is 0 Å². The number of aromatic nitrogens is 2. The summed E-state index contributed by atoms with van der Waals surface area (Å²) in [7, 11) is 0. The Bertz CT molecular complexity index is 1200. The van der Waals surface area contributed by atoms with E-state index in [0.717, 1.165) is 5.39 Å². The van der Waals surface area contributed by atoms with E-state index >= 15 is 0 Å². The maximum absolute atomic E-state index is 13.0. The smallest absolute Gasteiger partial charge is 0.260 e. The van der Waals surface area contributed by atoms with Crippen LogP contribution in [0.5, 0.6) is 0 Å². The van der Waals surface area contributed by atoms with Crippen molar-refractivity contribution in [1.82, 2.24) is 9.55 Å². The Morgan fingerprint density at radius 2 is 2.07 bits per heavy atom. The number of halogens is 1. The minimum absolute atomic E-state index is 0.167. The fourth-order valence-corrected chi connectivity index (χ4v) is 3.22. The predicted molar refractivity (Wildman–Crippen MR) is 102 cm³/mol. The highest BCUT2D eigenvalue weighted by Crippen LogP contribution is 2.29. The van der Waals surface area contributed by atoms with Gasteiger partial charge in [-0.15, -0.1) is 0 Å². The summed E-state index contributed by atoms with van der Waals surface area (Å²) in [5.74, 6) is 0.201. The van der Waals surface area contributed by atoms with E-state index in [9.17, 15) is 10.1 Å². The van der Waals surface area contributed by atoms with Crippen molar-refractivity contribution in [2.45, 2.75) is 6.92 Å². The number of hydrogen-bond acceptors (Lipinski definition) is 4. The number of amides is 1. The molecule has 4 aromatic rings. The van der Waals surface area contributed by atoms with Crippen molar-refractivity contribution in [1.29, 1.82) is 5.26 Å². The van der Waals surface area contributed by atoms with Gasteiger partial charge in [0.05, 0.1) is 11.2 Å². The van der Waals surface area contributed by atoms with E-state index in [1.807, 2.05) is 18.2 Å². The zero-order chi connectivity index (χ0) is 19.0. The molecule has 0 radical (unpaired) electrons. The monoisotopic (exact) mass is 376 g/mol. The summed E-state index contributed by atoms with van der Waals surface area (Å²) < 4.78 is 7.34. The zero-order valence-corrected chi connectivity index (χ0v) is 15.0. The SMILES string of the molecule is Cc1oc(-n2cccc2)c(C#N)c1C(=O)Nc1cc(Cl)cc2cccnc12. The Morgan fingerprint density at radius 1 is 1.30 bits per heavy atom. The van der Waals surface area contributed by atoms with Crippen LogP contribution in [-0.4, -0.2) is 15.5 Å². The lowest BCUT2D eigenvalue weighted by Gasteiger charge is -2.09. The van der Waals surface area contributed by atoms with Gasteiger partial charge in [0.25, 0.3) is 5.91 Å². The molecule has 0 unspecified atom stereocenters. The number of benzene rings is 1. The van der Waals surface area contributed by atoms with E-state index in [2.05, 4.69) is 16.4 Å². The Labute approximate surface area is 159 Å². The number of furan rings is 1. The molecule has 6 nitrogen and oxygen atoms in total. The van der Waals surface area contributed by atoms with Gasteiger partial charge in [-0.1, -0.05) is 17.7 Å². The van der Waals surface area contributed by atoms with Crippen LogP contribution < -0.4 is 5.32 Å². The summed E-state index contributed by atoms with van der Waals surface area (Å²) in [5, 5.41) is 13.7. The van der Waals surface area contributed by atoms with Crippen LogP contribution in [0.4, 0.5) is 5.69 Å². The van der Waals surface area contributed by atoms with Crippen molar-refractivity contribution in [2.75, 3.05) is 5.32 Å². The van der Waals surface area contributed by atoms with E-state index < -0.39 is 5.91 Å². The third kappa shape index (κ3) is 2.94. The Balaban J connectivity index is 1.78. The number of anilines is 1. The minimum atomic E-state index is -0.458. The lowest BCUT2D eigenvalue weighted by molar-refractivity contribution is 0.102. The molecular formula is C20H13ClN4O2. The second-order valence-electron chi connectivity index (χ2n) is 5.90. The van der Waals surface area contributed by atoms with Crippen molar-refractivity contribution < 1.29 is 9.21 Å². The molecule has 0 aliphatic rings. The standard InChI is InChI=1S/C20H13ClN4O2/c1-12-17(15(11-22)20(27-12)25-7-2-3-8-25)19(26)24-16-10-14(21)9-13-5-4-6-23-18(13)16/h2-10H,1H3,(H,24,26). The highest BCUT2D eigenvalue weighted by atomic mass is 35.5. The molecule has 0 saturated carbocycles. The number of nitrogens with one attached hydrogen (secondary N) is 1. The second kappa shape index (κ2) is 6.63. The van der Waals surface area contributed by atoms with Crippen LogP contribution in [0.25, 0.3) is 16.8 Å². The first-order chi connectivity index (χ1) is 13.1. The van der Waals surface area contributed by atoms with Crippen LogP contribution in [0, 0.1) is 18.3 Å². The average molecular weight is 377 g/mol. The van der Waals surface area contributed by atoms with Gasteiger partial charge in [0.2, 0.25) is 5.88 Å². The largest absolute Gasteiger partial charge is 0.443 e. The van der Waals surface area contributed by atoms with E-state index in [4.69, 9.17) is 16.0 Å². The van der Waals surface area contributed by atoms with Crippen molar-refractivity contribution in [3.8, 4) is 12.0 Å². The molecule has 0 fully saturated rings. The van der Waals surface area contributed by atoms with Gasteiger partial charge < -0.3 is 9.73 Å². The van der Waals surface area contributed by atoms with E-state index in [1.54, 1.807) is 48.3 Å². The molecule has 27 heavy (non-hydrogen) atoms. The summed E-state index contributed by atoms with van der Waals surface area (Å²) in [6, 6.07) is 12.7. The summed E-state index contributed by atoms with van der Waals surface area (Å²) in [5.41, 5.74) is 1.43. The minimum Gasteiger partial charge on any atom is -0.443 e. The first-order valence-electron chi connectivity index (χ1n) is 8.11. The van der Waals surface area contributed by atoms with Gasteiger partial charge in [-0.3, -0.25) is 14.3 Å². The number of hydrogen-bond donors (Lipinski definition) is 1. The van der Waals surface area contributed by atoms with Crippen LogP contribution in [0.1, 0.15) is 21.7 Å². The molecule has 0 spiro atoms. The summed E-state index contributed by atoms with van der Waals surface area (Å²) in [6.07, 6.45) is 5.13. The number of pyridine rings is 1. The Kier molecular flexibility index (Phi) is 4.15. The predicted octanol–water partition coefficient (Wildman–Crippen LogP) is 4.70. The molecule has 7 heteroatoms. The molecule has 3 heterocycles. The lowest BCUT2D eigenvalue weighted by atomic mass is 10.1. The quantitative estimate of drug-likeness (QED) is 0.561. The topological polar surface area (TPSA) is 83.8 Å². The van der Waals surface area contributed by atoms with Crippen molar-refractivity contribution in [2.24, 2.45) is 0 Å².